The molecule has 0 aromatic heterocycles. The van der Waals surface area contributed by atoms with Gasteiger partial charge in [-0.25, -0.2) is 0 Å². The van der Waals surface area contributed by atoms with Crippen LogP contribution in [-0.2, 0) is 4.12 Å². The molecular formula is C18H26O2Si2. The van der Waals surface area contributed by atoms with Crippen LogP contribution in [-0.4, -0.2) is 21.7 Å². The fourth-order valence-corrected chi connectivity index (χ4v) is 8.88. The van der Waals surface area contributed by atoms with Crippen molar-refractivity contribution in [2.45, 2.75) is 38.9 Å². The minimum atomic E-state index is -3.19. The smallest absolute Gasteiger partial charge is 0.394 e. The highest BCUT2D eigenvalue weighted by Crippen LogP contribution is 2.37. The number of rotatable bonds is 4. The minimum absolute atomic E-state index is 0.0531. The molecule has 0 spiro atoms. The lowest BCUT2D eigenvalue weighted by molar-refractivity contribution is 0.385. The van der Waals surface area contributed by atoms with Crippen LogP contribution in [0, 0.1) is 0 Å². The van der Waals surface area contributed by atoms with Crippen LogP contribution in [0.4, 0.5) is 0 Å². The maximum atomic E-state index is 11.6. The Hall–Kier alpha value is -1.21. The molecule has 0 aliphatic heterocycles. The van der Waals surface area contributed by atoms with Crippen molar-refractivity contribution in [1.82, 2.24) is 0 Å². The third-order valence-electron chi connectivity index (χ3n) is 4.54. The number of benzene rings is 2. The first-order valence-corrected chi connectivity index (χ1v) is 12.5. The lowest BCUT2D eigenvalue weighted by atomic mass is 10.2. The summed E-state index contributed by atoms with van der Waals surface area (Å²) in [5.41, 5.74) is 0. The summed E-state index contributed by atoms with van der Waals surface area (Å²) in [6, 6.07) is 19.7. The van der Waals surface area contributed by atoms with Crippen molar-refractivity contribution in [3.63, 3.8) is 0 Å². The maximum absolute atomic E-state index is 11.6. The summed E-state index contributed by atoms with van der Waals surface area (Å²) in [5, 5.41) is 1.87. The molecule has 2 nitrogen and oxygen atoms in total. The molecule has 0 fully saturated rings. The summed E-state index contributed by atoms with van der Waals surface area (Å²) < 4.78 is 6.60. The highest BCUT2D eigenvalue weighted by atomic mass is 28.4. The van der Waals surface area contributed by atoms with E-state index in [1.165, 1.54) is 0 Å². The van der Waals surface area contributed by atoms with Gasteiger partial charge in [-0.3, -0.25) is 0 Å². The Morgan fingerprint density at radius 2 is 1.14 bits per heavy atom. The maximum Gasteiger partial charge on any atom is 0.394 e. The molecule has 0 radical (unpaired) electrons. The summed E-state index contributed by atoms with van der Waals surface area (Å²) in [6.07, 6.45) is 0. The van der Waals surface area contributed by atoms with Crippen LogP contribution in [0.5, 0.6) is 0 Å². The van der Waals surface area contributed by atoms with Crippen LogP contribution in [0.3, 0.4) is 0 Å². The average molecular weight is 331 g/mol. The molecule has 0 saturated heterocycles. The number of hydrogen-bond acceptors (Lipinski definition) is 2. The summed E-state index contributed by atoms with van der Waals surface area (Å²) in [5.74, 6) is 0. The third-order valence-corrected chi connectivity index (χ3v) is 13.6. The van der Waals surface area contributed by atoms with Crippen molar-refractivity contribution in [2.24, 2.45) is 0 Å². The summed E-state index contributed by atoms with van der Waals surface area (Å²) >= 11 is 0. The van der Waals surface area contributed by atoms with Crippen LogP contribution in [0.25, 0.3) is 0 Å². The van der Waals surface area contributed by atoms with Gasteiger partial charge in [-0.1, -0.05) is 81.4 Å². The Kier molecular flexibility index (Phi) is 4.77. The van der Waals surface area contributed by atoms with Crippen LogP contribution >= 0.6 is 0 Å². The molecule has 0 bridgehead atoms. The first-order chi connectivity index (χ1) is 10.2. The van der Waals surface area contributed by atoms with Crippen LogP contribution in [0.2, 0.25) is 18.1 Å². The van der Waals surface area contributed by atoms with Gasteiger partial charge in [0.15, 0.2) is 8.32 Å². The zero-order valence-electron chi connectivity index (χ0n) is 14.1. The Labute approximate surface area is 136 Å². The second-order valence-corrected chi connectivity index (χ2v) is 15.0. The van der Waals surface area contributed by atoms with E-state index in [9.17, 15) is 4.80 Å². The molecule has 118 valence electrons. The monoisotopic (exact) mass is 330 g/mol. The molecule has 0 amide bonds. The van der Waals surface area contributed by atoms with E-state index in [-0.39, 0.29) is 5.04 Å². The van der Waals surface area contributed by atoms with Gasteiger partial charge in [-0.15, -0.1) is 0 Å². The third kappa shape index (κ3) is 3.41. The molecule has 0 aliphatic carbocycles. The largest absolute Gasteiger partial charge is 0.429 e. The van der Waals surface area contributed by atoms with Gasteiger partial charge in [-0.2, -0.15) is 0 Å². The van der Waals surface area contributed by atoms with Crippen molar-refractivity contribution in [2.75, 3.05) is 0 Å². The second-order valence-electron chi connectivity index (χ2n) is 7.24. The van der Waals surface area contributed by atoms with E-state index in [0.29, 0.717) is 0 Å². The first kappa shape index (κ1) is 17.2. The zero-order chi connectivity index (χ0) is 16.4. The molecule has 1 N–H and O–H groups in total. The molecule has 4 heteroatoms. The lowest BCUT2D eigenvalue weighted by Gasteiger charge is -2.42. The SMILES string of the molecule is CC(C)(C)[Si](C)(C)O[Si](O)(c1ccccc1)c1ccccc1. The van der Waals surface area contributed by atoms with Crippen LogP contribution < -0.4 is 10.4 Å². The molecule has 2 aromatic rings. The normalized spacial score (nSPS) is 13.2. The lowest BCUT2D eigenvalue weighted by Crippen LogP contribution is -2.66. The predicted octanol–water partition coefficient (Wildman–Crippen LogP) is 3.26. The van der Waals surface area contributed by atoms with Gasteiger partial charge in [0, 0.05) is 0 Å². The Bertz CT molecular complexity index is 564. The first-order valence-electron chi connectivity index (χ1n) is 7.70. The minimum Gasteiger partial charge on any atom is -0.429 e. The topological polar surface area (TPSA) is 29.5 Å². The predicted molar refractivity (Wildman–Crippen MR) is 98.4 cm³/mol. The zero-order valence-corrected chi connectivity index (χ0v) is 16.1. The van der Waals surface area contributed by atoms with Gasteiger partial charge in [0.05, 0.1) is 0 Å². The van der Waals surface area contributed by atoms with Crippen LogP contribution in [0.15, 0.2) is 60.7 Å². The second kappa shape index (κ2) is 6.12. The Morgan fingerprint density at radius 1 is 0.773 bits per heavy atom. The molecule has 22 heavy (non-hydrogen) atoms. The molecule has 0 aliphatic rings. The van der Waals surface area contributed by atoms with Gasteiger partial charge in [0.2, 0.25) is 0 Å². The summed E-state index contributed by atoms with van der Waals surface area (Å²) in [6.45, 7) is 11.0. The van der Waals surface area contributed by atoms with Gasteiger partial charge in [0.1, 0.15) is 0 Å². The Morgan fingerprint density at radius 3 is 1.45 bits per heavy atom. The van der Waals surface area contributed by atoms with Crippen molar-refractivity contribution >= 4 is 27.3 Å². The van der Waals surface area contributed by atoms with E-state index < -0.39 is 16.9 Å². The molecule has 2 aromatic carbocycles. The molecule has 0 saturated carbocycles. The highest BCUT2D eigenvalue weighted by molar-refractivity contribution is 6.98. The molecule has 0 unspecified atom stereocenters. The van der Waals surface area contributed by atoms with E-state index in [2.05, 4.69) is 33.9 Å². The molecular weight excluding hydrogens is 304 g/mol. The fraction of sp³-hybridized carbons (Fsp3) is 0.333. The van der Waals surface area contributed by atoms with E-state index in [0.717, 1.165) is 10.4 Å². The quantitative estimate of drug-likeness (QED) is 0.872. The van der Waals surface area contributed by atoms with Crippen molar-refractivity contribution in [3.05, 3.63) is 60.7 Å². The van der Waals surface area contributed by atoms with E-state index in [1.54, 1.807) is 0 Å². The van der Waals surface area contributed by atoms with Crippen LogP contribution in [0.1, 0.15) is 20.8 Å². The van der Waals surface area contributed by atoms with Crippen molar-refractivity contribution < 1.29 is 8.91 Å². The van der Waals surface area contributed by atoms with Gasteiger partial charge in [0.25, 0.3) is 0 Å². The number of hydrogen-bond donors (Lipinski definition) is 1. The molecule has 0 heterocycles. The van der Waals surface area contributed by atoms with E-state index >= 15 is 0 Å². The van der Waals surface area contributed by atoms with Gasteiger partial charge in [-0.05, 0) is 28.5 Å². The standard InChI is InChI=1S/C18H26O2Si2/c1-18(2,3)21(4,5)20-22(19,16-12-8-6-9-13-16)17-14-10-7-11-15-17/h6-15,19H,1-5H3. The van der Waals surface area contributed by atoms with E-state index in [1.807, 2.05) is 60.7 Å². The van der Waals surface area contributed by atoms with E-state index in [4.69, 9.17) is 4.12 Å². The molecule has 0 atom stereocenters. The van der Waals surface area contributed by atoms with Crippen molar-refractivity contribution in [1.29, 1.82) is 0 Å². The Balaban J connectivity index is 2.53. The average Bonchev–Trinajstić information content (AvgIpc) is 2.47. The van der Waals surface area contributed by atoms with Crippen molar-refractivity contribution in [3.8, 4) is 0 Å². The summed E-state index contributed by atoms with van der Waals surface area (Å²) in [4.78, 5) is 11.6. The van der Waals surface area contributed by atoms with Gasteiger partial charge >= 0.3 is 8.56 Å². The molecule has 2 rings (SSSR count). The van der Waals surface area contributed by atoms with Gasteiger partial charge < -0.3 is 8.91 Å². The fourth-order valence-electron chi connectivity index (χ4n) is 2.14. The summed E-state index contributed by atoms with van der Waals surface area (Å²) in [7, 11) is -5.28. The highest BCUT2D eigenvalue weighted by Gasteiger charge is 2.48.